The Bertz CT molecular complexity index is 618. The van der Waals surface area contributed by atoms with Crippen molar-refractivity contribution in [2.45, 2.75) is 80.9 Å². The number of rotatable bonds is 13. The minimum atomic E-state index is 0.282. The lowest BCUT2D eigenvalue weighted by Gasteiger charge is -2.05. The van der Waals surface area contributed by atoms with E-state index in [1.807, 2.05) is 30.3 Å². The molecule has 0 aliphatic carbocycles. The molecule has 0 amide bonds. The van der Waals surface area contributed by atoms with E-state index in [0.717, 1.165) is 12.0 Å². The zero-order chi connectivity index (χ0) is 18.5. The summed E-state index contributed by atoms with van der Waals surface area (Å²) in [5.74, 6) is 0.282. The molecule has 0 heterocycles. The molecule has 0 fully saturated rings. The third-order valence-electron chi connectivity index (χ3n) is 4.66. The van der Waals surface area contributed by atoms with E-state index in [1.54, 1.807) is 11.8 Å². The van der Waals surface area contributed by atoms with Gasteiger partial charge in [0.1, 0.15) is 0 Å². The standard InChI is InChI=1S/C24H32OS/c1-2-3-4-5-6-7-8-9-13-16-24(25)21-17-19-23(20-18-21)26-22-14-11-10-12-15-22/h10-12,14-15,17-20H,2-9,13,16H2,1H3. The highest BCUT2D eigenvalue weighted by molar-refractivity contribution is 7.99. The topological polar surface area (TPSA) is 17.1 Å². The number of hydrogen-bond acceptors (Lipinski definition) is 2. The van der Waals surface area contributed by atoms with E-state index < -0.39 is 0 Å². The second-order valence-electron chi connectivity index (χ2n) is 6.94. The van der Waals surface area contributed by atoms with Gasteiger partial charge in [-0.05, 0) is 30.7 Å². The zero-order valence-electron chi connectivity index (χ0n) is 16.1. The fourth-order valence-corrected chi connectivity index (χ4v) is 3.91. The lowest BCUT2D eigenvalue weighted by molar-refractivity contribution is 0.0979. The molecule has 0 saturated heterocycles. The number of Topliss-reactive ketones (excluding diaryl/α,β-unsaturated/α-hetero) is 1. The predicted molar refractivity (Wildman–Crippen MR) is 113 cm³/mol. The van der Waals surface area contributed by atoms with Gasteiger partial charge in [0.25, 0.3) is 0 Å². The first-order chi connectivity index (χ1) is 12.8. The number of carbonyl (C=O) groups is 1. The third kappa shape index (κ3) is 8.23. The van der Waals surface area contributed by atoms with Crippen molar-refractivity contribution in [1.82, 2.24) is 0 Å². The van der Waals surface area contributed by atoms with Crippen LogP contribution >= 0.6 is 11.8 Å². The normalized spacial score (nSPS) is 10.8. The molecule has 0 bridgehead atoms. The van der Waals surface area contributed by atoms with Crippen LogP contribution in [0.5, 0.6) is 0 Å². The molecule has 2 heteroatoms. The van der Waals surface area contributed by atoms with Gasteiger partial charge >= 0.3 is 0 Å². The van der Waals surface area contributed by atoms with Gasteiger partial charge in [0.15, 0.2) is 5.78 Å². The van der Waals surface area contributed by atoms with Crippen LogP contribution in [0.25, 0.3) is 0 Å². The second-order valence-corrected chi connectivity index (χ2v) is 8.09. The highest BCUT2D eigenvalue weighted by Crippen LogP contribution is 2.27. The smallest absolute Gasteiger partial charge is 0.162 e. The Morgan fingerprint density at radius 1 is 0.692 bits per heavy atom. The average molecular weight is 369 g/mol. The van der Waals surface area contributed by atoms with E-state index in [4.69, 9.17) is 0 Å². The highest BCUT2D eigenvalue weighted by Gasteiger charge is 2.06. The molecule has 0 N–H and O–H groups in total. The minimum Gasteiger partial charge on any atom is -0.294 e. The van der Waals surface area contributed by atoms with Crippen molar-refractivity contribution in [3.63, 3.8) is 0 Å². The lowest BCUT2D eigenvalue weighted by Crippen LogP contribution is -1.98. The summed E-state index contributed by atoms with van der Waals surface area (Å²) in [5.41, 5.74) is 0.849. The fourth-order valence-electron chi connectivity index (χ4n) is 3.07. The molecule has 0 radical (unpaired) electrons. The van der Waals surface area contributed by atoms with Crippen molar-refractivity contribution in [2.24, 2.45) is 0 Å². The van der Waals surface area contributed by atoms with E-state index in [-0.39, 0.29) is 5.78 Å². The van der Waals surface area contributed by atoms with E-state index in [2.05, 4.69) is 31.2 Å². The van der Waals surface area contributed by atoms with Crippen LogP contribution in [0.2, 0.25) is 0 Å². The van der Waals surface area contributed by atoms with Gasteiger partial charge in [-0.3, -0.25) is 4.79 Å². The molecule has 2 aromatic carbocycles. The maximum Gasteiger partial charge on any atom is 0.162 e. The summed E-state index contributed by atoms with van der Waals surface area (Å²) in [6.45, 7) is 2.26. The van der Waals surface area contributed by atoms with Gasteiger partial charge in [0.05, 0.1) is 0 Å². The molecular weight excluding hydrogens is 336 g/mol. The van der Waals surface area contributed by atoms with E-state index in [0.29, 0.717) is 6.42 Å². The van der Waals surface area contributed by atoms with Crippen molar-refractivity contribution in [1.29, 1.82) is 0 Å². The summed E-state index contributed by atoms with van der Waals surface area (Å²) in [6, 6.07) is 18.4. The number of carbonyl (C=O) groups excluding carboxylic acids is 1. The van der Waals surface area contributed by atoms with Crippen LogP contribution in [-0.2, 0) is 0 Å². The van der Waals surface area contributed by atoms with Crippen LogP contribution in [-0.4, -0.2) is 5.78 Å². The van der Waals surface area contributed by atoms with Gasteiger partial charge in [-0.15, -0.1) is 0 Å². The Labute approximate surface area is 163 Å². The van der Waals surface area contributed by atoms with Crippen LogP contribution in [0, 0.1) is 0 Å². The molecular formula is C24H32OS. The maximum atomic E-state index is 12.3. The Balaban J connectivity index is 1.62. The van der Waals surface area contributed by atoms with Crippen LogP contribution < -0.4 is 0 Å². The Morgan fingerprint density at radius 2 is 1.23 bits per heavy atom. The van der Waals surface area contributed by atoms with Crippen molar-refractivity contribution in [3.8, 4) is 0 Å². The Morgan fingerprint density at radius 3 is 1.85 bits per heavy atom. The molecule has 0 aliphatic heterocycles. The highest BCUT2D eigenvalue weighted by atomic mass is 32.2. The summed E-state index contributed by atoms with van der Waals surface area (Å²) >= 11 is 1.73. The van der Waals surface area contributed by atoms with Gasteiger partial charge in [-0.25, -0.2) is 0 Å². The first kappa shape index (κ1) is 20.8. The van der Waals surface area contributed by atoms with Gasteiger partial charge in [0.2, 0.25) is 0 Å². The third-order valence-corrected chi connectivity index (χ3v) is 5.68. The molecule has 0 spiro atoms. The minimum absolute atomic E-state index is 0.282. The molecule has 2 rings (SSSR count). The molecule has 0 aliphatic rings. The summed E-state index contributed by atoms with van der Waals surface area (Å²) in [7, 11) is 0. The molecule has 0 saturated carbocycles. The maximum absolute atomic E-state index is 12.3. The van der Waals surface area contributed by atoms with Crippen LogP contribution in [0.15, 0.2) is 64.4 Å². The monoisotopic (exact) mass is 368 g/mol. The molecule has 26 heavy (non-hydrogen) atoms. The number of unbranched alkanes of at least 4 members (excludes halogenated alkanes) is 8. The Kier molecular flexibility index (Phi) is 10.2. The lowest BCUT2D eigenvalue weighted by atomic mass is 10.0. The molecule has 0 atom stereocenters. The first-order valence-electron chi connectivity index (χ1n) is 10.2. The average Bonchev–Trinajstić information content (AvgIpc) is 2.68. The molecule has 140 valence electrons. The van der Waals surface area contributed by atoms with E-state index in [1.165, 1.54) is 61.2 Å². The summed E-state index contributed by atoms with van der Waals surface area (Å²) < 4.78 is 0. The number of benzene rings is 2. The van der Waals surface area contributed by atoms with Crippen molar-refractivity contribution in [2.75, 3.05) is 0 Å². The van der Waals surface area contributed by atoms with E-state index >= 15 is 0 Å². The summed E-state index contributed by atoms with van der Waals surface area (Å²) in [6.07, 6.45) is 12.3. The number of ketones is 1. The predicted octanol–water partition coefficient (Wildman–Crippen LogP) is 7.94. The molecule has 1 nitrogen and oxygen atoms in total. The van der Waals surface area contributed by atoms with Gasteiger partial charge < -0.3 is 0 Å². The van der Waals surface area contributed by atoms with Crippen LogP contribution in [0.4, 0.5) is 0 Å². The van der Waals surface area contributed by atoms with Gasteiger partial charge in [-0.2, -0.15) is 0 Å². The van der Waals surface area contributed by atoms with E-state index in [9.17, 15) is 4.79 Å². The SMILES string of the molecule is CCCCCCCCCCCC(=O)c1ccc(Sc2ccccc2)cc1. The summed E-state index contributed by atoms with van der Waals surface area (Å²) in [5, 5.41) is 0. The molecule has 0 aromatic heterocycles. The Hall–Kier alpha value is -1.54. The van der Waals surface area contributed by atoms with Gasteiger partial charge in [-0.1, -0.05) is 100 Å². The van der Waals surface area contributed by atoms with Crippen LogP contribution in [0.3, 0.4) is 0 Å². The summed E-state index contributed by atoms with van der Waals surface area (Å²) in [4.78, 5) is 14.7. The molecule has 0 unspecified atom stereocenters. The van der Waals surface area contributed by atoms with Crippen LogP contribution in [0.1, 0.15) is 81.5 Å². The van der Waals surface area contributed by atoms with Crippen molar-refractivity contribution < 1.29 is 4.79 Å². The first-order valence-corrected chi connectivity index (χ1v) is 11.0. The van der Waals surface area contributed by atoms with Crippen molar-refractivity contribution >= 4 is 17.5 Å². The quantitative estimate of drug-likeness (QED) is 0.263. The largest absolute Gasteiger partial charge is 0.294 e. The zero-order valence-corrected chi connectivity index (χ0v) is 16.9. The fraction of sp³-hybridized carbons (Fsp3) is 0.458. The number of hydrogen-bond donors (Lipinski definition) is 0. The second kappa shape index (κ2) is 12.8. The van der Waals surface area contributed by atoms with Crippen molar-refractivity contribution in [3.05, 3.63) is 60.2 Å². The van der Waals surface area contributed by atoms with Gasteiger partial charge in [0, 0.05) is 21.8 Å². The molecule has 2 aromatic rings.